The molecule has 6 nitrogen and oxygen atoms in total. The maximum absolute atomic E-state index is 12.1. The highest BCUT2D eigenvalue weighted by Crippen LogP contribution is 2.31. The zero-order valence-electron chi connectivity index (χ0n) is 14.9. The second-order valence-electron chi connectivity index (χ2n) is 6.03. The van der Waals surface area contributed by atoms with Gasteiger partial charge in [0.25, 0.3) is 5.91 Å². The monoisotopic (exact) mass is 355 g/mol. The van der Waals surface area contributed by atoms with E-state index in [1.807, 2.05) is 38.1 Å². The van der Waals surface area contributed by atoms with Gasteiger partial charge in [-0.2, -0.15) is 0 Å². The number of benzene rings is 2. The first-order valence-electron chi connectivity index (χ1n) is 8.43. The Bertz CT molecular complexity index is 797. The molecule has 0 N–H and O–H groups in total. The number of para-hydroxylation sites is 3. The summed E-state index contributed by atoms with van der Waals surface area (Å²) in [6, 6.07) is 13.0. The highest BCUT2D eigenvalue weighted by atomic mass is 16.6. The predicted octanol–water partition coefficient (Wildman–Crippen LogP) is 2.65. The van der Waals surface area contributed by atoms with E-state index in [4.69, 9.17) is 14.2 Å². The highest BCUT2D eigenvalue weighted by Gasteiger charge is 2.27. The molecule has 6 heteroatoms. The molecule has 1 aliphatic rings. The van der Waals surface area contributed by atoms with Crippen molar-refractivity contribution in [3.63, 3.8) is 0 Å². The van der Waals surface area contributed by atoms with E-state index >= 15 is 0 Å². The van der Waals surface area contributed by atoms with Crippen molar-refractivity contribution < 1.29 is 23.8 Å². The van der Waals surface area contributed by atoms with Crippen LogP contribution in [-0.2, 0) is 14.3 Å². The Balaban J connectivity index is 1.51. The number of esters is 1. The average molecular weight is 355 g/mol. The van der Waals surface area contributed by atoms with Gasteiger partial charge in [-0.3, -0.25) is 14.5 Å². The van der Waals surface area contributed by atoms with Crippen LogP contribution in [0.4, 0.5) is 5.69 Å². The van der Waals surface area contributed by atoms with Gasteiger partial charge < -0.3 is 14.2 Å². The van der Waals surface area contributed by atoms with E-state index in [0.29, 0.717) is 11.4 Å². The summed E-state index contributed by atoms with van der Waals surface area (Å²) < 4.78 is 16.3. The van der Waals surface area contributed by atoms with E-state index in [9.17, 15) is 9.59 Å². The maximum atomic E-state index is 12.1. The predicted molar refractivity (Wildman–Crippen MR) is 96.7 cm³/mol. The smallest absolute Gasteiger partial charge is 0.326 e. The van der Waals surface area contributed by atoms with Gasteiger partial charge in [-0.25, -0.2) is 0 Å². The number of hydrogen-bond donors (Lipinski definition) is 0. The zero-order valence-corrected chi connectivity index (χ0v) is 14.9. The normalized spacial score (nSPS) is 13.0. The van der Waals surface area contributed by atoms with Crippen LogP contribution < -0.4 is 14.4 Å². The van der Waals surface area contributed by atoms with Crippen molar-refractivity contribution >= 4 is 17.6 Å². The summed E-state index contributed by atoms with van der Waals surface area (Å²) in [6.45, 7) is 4.08. The molecule has 2 aromatic rings. The average Bonchev–Trinajstić information content (AvgIpc) is 2.63. The molecular weight excluding hydrogens is 334 g/mol. The van der Waals surface area contributed by atoms with E-state index in [0.717, 1.165) is 16.9 Å². The number of rotatable bonds is 6. The molecule has 0 unspecified atom stereocenters. The van der Waals surface area contributed by atoms with Crippen LogP contribution in [0.25, 0.3) is 0 Å². The molecule has 0 spiro atoms. The zero-order chi connectivity index (χ0) is 18.5. The fourth-order valence-electron chi connectivity index (χ4n) is 2.83. The fraction of sp³-hybridized carbons (Fsp3) is 0.300. The topological polar surface area (TPSA) is 65.1 Å². The number of aryl methyl sites for hydroxylation is 2. The molecule has 1 aliphatic heterocycles. The molecule has 1 amide bonds. The first-order valence-corrected chi connectivity index (χ1v) is 8.43. The molecule has 1 heterocycles. The SMILES string of the molecule is Cc1cccc(C)c1OCCOC(=O)CN1C(=O)COc2ccccc21. The van der Waals surface area contributed by atoms with Crippen LogP contribution in [0.15, 0.2) is 42.5 Å². The Kier molecular flexibility index (Phi) is 5.41. The van der Waals surface area contributed by atoms with Crippen LogP contribution in [0.1, 0.15) is 11.1 Å². The van der Waals surface area contributed by atoms with Gasteiger partial charge in [0.15, 0.2) is 6.61 Å². The molecule has 0 aliphatic carbocycles. The van der Waals surface area contributed by atoms with Gasteiger partial charge in [0.1, 0.15) is 31.3 Å². The number of carbonyl (C=O) groups is 2. The van der Waals surface area contributed by atoms with Crippen molar-refractivity contribution in [1.29, 1.82) is 0 Å². The molecule has 0 aromatic heterocycles. The highest BCUT2D eigenvalue weighted by molar-refractivity contribution is 6.01. The maximum Gasteiger partial charge on any atom is 0.326 e. The molecule has 0 bridgehead atoms. The minimum absolute atomic E-state index is 0.0834. The molecule has 0 saturated carbocycles. The lowest BCUT2D eigenvalue weighted by Crippen LogP contribution is -2.42. The second kappa shape index (κ2) is 7.91. The van der Waals surface area contributed by atoms with Gasteiger partial charge in [-0.05, 0) is 37.1 Å². The van der Waals surface area contributed by atoms with Crippen LogP contribution >= 0.6 is 0 Å². The summed E-state index contributed by atoms with van der Waals surface area (Å²) in [6.07, 6.45) is 0. The van der Waals surface area contributed by atoms with Crippen molar-refractivity contribution in [2.24, 2.45) is 0 Å². The number of carbonyl (C=O) groups excluding carboxylic acids is 2. The Morgan fingerprint density at radius 2 is 1.81 bits per heavy atom. The first-order chi connectivity index (χ1) is 12.6. The van der Waals surface area contributed by atoms with Crippen molar-refractivity contribution in [3.05, 3.63) is 53.6 Å². The largest absolute Gasteiger partial charge is 0.489 e. The van der Waals surface area contributed by atoms with Crippen molar-refractivity contribution in [2.45, 2.75) is 13.8 Å². The molecule has 3 rings (SSSR count). The molecule has 2 aromatic carbocycles. The number of amides is 1. The number of nitrogens with zero attached hydrogens (tertiary/aromatic N) is 1. The summed E-state index contributed by atoms with van der Waals surface area (Å²) in [5.41, 5.74) is 2.64. The minimum atomic E-state index is -0.486. The molecule has 0 radical (unpaired) electrons. The van der Waals surface area contributed by atoms with Crippen molar-refractivity contribution in [1.82, 2.24) is 0 Å². The molecular formula is C20H21NO5. The Morgan fingerprint density at radius 1 is 1.08 bits per heavy atom. The van der Waals surface area contributed by atoms with Crippen LogP contribution in [-0.4, -0.2) is 38.2 Å². The van der Waals surface area contributed by atoms with Crippen LogP contribution in [0.3, 0.4) is 0 Å². The molecule has 26 heavy (non-hydrogen) atoms. The Hall–Kier alpha value is -3.02. The lowest BCUT2D eigenvalue weighted by Gasteiger charge is -2.28. The molecule has 136 valence electrons. The van der Waals surface area contributed by atoms with Gasteiger partial charge in [0, 0.05) is 0 Å². The molecule has 0 fully saturated rings. The van der Waals surface area contributed by atoms with Gasteiger partial charge in [0.05, 0.1) is 5.69 Å². The molecule has 0 atom stereocenters. The number of anilines is 1. The van der Waals surface area contributed by atoms with E-state index in [1.54, 1.807) is 18.2 Å². The number of fused-ring (bicyclic) bond motifs is 1. The van der Waals surface area contributed by atoms with E-state index in [2.05, 4.69) is 0 Å². The lowest BCUT2D eigenvalue weighted by atomic mass is 10.1. The van der Waals surface area contributed by atoms with E-state index < -0.39 is 5.97 Å². The van der Waals surface area contributed by atoms with Crippen LogP contribution in [0.2, 0.25) is 0 Å². The van der Waals surface area contributed by atoms with Crippen molar-refractivity contribution in [2.75, 3.05) is 31.3 Å². The van der Waals surface area contributed by atoms with Gasteiger partial charge in [-0.1, -0.05) is 30.3 Å². The van der Waals surface area contributed by atoms with Crippen molar-refractivity contribution in [3.8, 4) is 11.5 Å². The summed E-state index contributed by atoms with van der Waals surface area (Å²) in [5.74, 6) is 0.631. The third-order valence-electron chi connectivity index (χ3n) is 4.10. The first kappa shape index (κ1) is 17.8. The van der Waals surface area contributed by atoms with E-state index in [-0.39, 0.29) is 32.3 Å². The second-order valence-corrected chi connectivity index (χ2v) is 6.03. The number of hydrogen-bond acceptors (Lipinski definition) is 5. The van der Waals surface area contributed by atoms with E-state index in [1.165, 1.54) is 4.90 Å². The summed E-state index contributed by atoms with van der Waals surface area (Å²) in [4.78, 5) is 25.5. The Labute approximate surface area is 152 Å². The summed E-state index contributed by atoms with van der Waals surface area (Å²) in [5, 5.41) is 0. The minimum Gasteiger partial charge on any atom is -0.489 e. The standard InChI is InChI=1S/C20H21NO5/c1-14-6-5-7-15(2)20(14)25-11-10-24-19(23)12-21-16-8-3-4-9-17(16)26-13-18(21)22/h3-9H,10-13H2,1-2H3. The fourth-order valence-corrected chi connectivity index (χ4v) is 2.83. The number of ether oxygens (including phenoxy) is 3. The van der Waals surface area contributed by atoms with Gasteiger partial charge in [0.2, 0.25) is 0 Å². The Morgan fingerprint density at radius 3 is 2.58 bits per heavy atom. The third kappa shape index (κ3) is 3.96. The summed E-state index contributed by atoms with van der Waals surface area (Å²) >= 11 is 0. The third-order valence-corrected chi connectivity index (χ3v) is 4.10. The quantitative estimate of drug-likeness (QED) is 0.589. The molecule has 0 saturated heterocycles. The van der Waals surface area contributed by atoms with Gasteiger partial charge >= 0.3 is 5.97 Å². The van der Waals surface area contributed by atoms with Crippen LogP contribution in [0.5, 0.6) is 11.5 Å². The van der Waals surface area contributed by atoms with Crippen LogP contribution in [0, 0.1) is 13.8 Å². The lowest BCUT2D eigenvalue weighted by molar-refractivity contribution is -0.143. The summed E-state index contributed by atoms with van der Waals surface area (Å²) in [7, 11) is 0. The van der Waals surface area contributed by atoms with Gasteiger partial charge in [-0.15, -0.1) is 0 Å².